The number of phenols is 1. The first-order valence-corrected chi connectivity index (χ1v) is 6.28. The lowest BCUT2D eigenvalue weighted by atomic mass is 9.97. The molecule has 0 heterocycles. The van der Waals surface area contributed by atoms with E-state index in [9.17, 15) is 5.11 Å². The van der Waals surface area contributed by atoms with E-state index in [0.717, 1.165) is 25.0 Å². The van der Waals surface area contributed by atoms with Gasteiger partial charge in [0.25, 0.3) is 0 Å². The molecular formula is C14H20O2. The molecule has 1 fully saturated rings. The lowest BCUT2D eigenvalue weighted by Gasteiger charge is -2.24. The predicted octanol–water partition coefficient (Wildman–Crippen LogP) is 3.67. The molecule has 88 valence electrons. The van der Waals surface area contributed by atoms with Crippen LogP contribution >= 0.6 is 0 Å². The van der Waals surface area contributed by atoms with Crippen LogP contribution in [0.2, 0.25) is 0 Å². The SMILES string of the molecule is CCc1ccc(O)cc1OC1CCCCC1. The molecule has 2 rings (SSSR count). The van der Waals surface area contributed by atoms with Crippen LogP contribution in [0.25, 0.3) is 0 Å². The fraction of sp³-hybridized carbons (Fsp3) is 0.571. The van der Waals surface area contributed by atoms with Gasteiger partial charge in [-0.25, -0.2) is 0 Å². The van der Waals surface area contributed by atoms with Gasteiger partial charge in [-0.15, -0.1) is 0 Å². The minimum atomic E-state index is 0.294. The fourth-order valence-electron chi connectivity index (χ4n) is 2.31. The molecule has 16 heavy (non-hydrogen) atoms. The first-order chi connectivity index (χ1) is 7.79. The summed E-state index contributed by atoms with van der Waals surface area (Å²) in [6.45, 7) is 2.11. The fourth-order valence-corrected chi connectivity index (χ4v) is 2.31. The molecule has 0 amide bonds. The number of aryl methyl sites for hydroxylation is 1. The molecule has 2 heteroatoms. The summed E-state index contributed by atoms with van der Waals surface area (Å²) in [6, 6.07) is 5.42. The first-order valence-electron chi connectivity index (χ1n) is 6.28. The molecule has 0 aromatic heterocycles. The predicted molar refractivity (Wildman–Crippen MR) is 65.0 cm³/mol. The van der Waals surface area contributed by atoms with Gasteiger partial charge in [0.2, 0.25) is 0 Å². The van der Waals surface area contributed by atoms with E-state index < -0.39 is 0 Å². The van der Waals surface area contributed by atoms with Crippen LogP contribution in [0.5, 0.6) is 11.5 Å². The van der Waals surface area contributed by atoms with Crippen LogP contribution in [0.15, 0.2) is 18.2 Å². The van der Waals surface area contributed by atoms with Crippen molar-refractivity contribution in [2.75, 3.05) is 0 Å². The lowest BCUT2D eigenvalue weighted by molar-refractivity contribution is 0.153. The molecule has 0 spiro atoms. The van der Waals surface area contributed by atoms with Gasteiger partial charge in [-0.1, -0.05) is 19.4 Å². The quantitative estimate of drug-likeness (QED) is 0.842. The number of rotatable bonds is 3. The molecule has 0 atom stereocenters. The van der Waals surface area contributed by atoms with Crippen LogP contribution in [0.3, 0.4) is 0 Å². The Morgan fingerprint density at radius 3 is 2.69 bits per heavy atom. The van der Waals surface area contributed by atoms with Crippen molar-refractivity contribution in [2.45, 2.75) is 51.6 Å². The van der Waals surface area contributed by atoms with Crippen LogP contribution in [0, 0.1) is 0 Å². The summed E-state index contributed by atoms with van der Waals surface area (Å²) in [5, 5.41) is 9.48. The first kappa shape index (κ1) is 11.3. The van der Waals surface area contributed by atoms with E-state index in [1.165, 1.54) is 24.8 Å². The second-order valence-electron chi connectivity index (χ2n) is 4.52. The molecule has 1 aliphatic rings. The van der Waals surface area contributed by atoms with Gasteiger partial charge in [-0.05, 0) is 43.7 Å². The summed E-state index contributed by atoms with van der Waals surface area (Å²) in [7, 11) is 0. The smallest absolute Gasteiger partial charge is 0.126 e. The molecule has 2 nitrogen and oxygen atoms in total. The Bertz CT molecular complexity index is 341. The molecule has 1 aliphatic carbocycles. The van der Waals surface area contributed by atoms with E-state index in [4.69, 9.17) is 4.74 Å². The molecule has 0 radical (unpaired) electrons. The van der Waals surface area contributed by atoms with E-state index in [0.29, 0.717) is 11.9 Å². The van der Waals surface area contributed by atoms with Crippen molar-refractivity contribution in [1.29, 1.82) is 0 Å². The number of hydrogen-bond donors (Lipinski definition) is 1. The highest BCUT2D eigenvalue weighted by molar-refractivity contribution is 5.40. The average molecular weight is 220 g/mol. The molecule has 1 N–H and O–H groups in total. The topological polar surface area (TPSA) is 29.5 Å². The Morgan fingerprint density at radius 1 is 1.25 bits per heavy atom. The number of phenolic OH excluding ortho intramolecular Hbond substituents is 1. The number of hydrogen-bond acceptors (Lipinski definition) is 2. The Morgan fingerprint density at radius 2 is 2.00 bits per heavy atom. The minimum Gasteiger partial charge on any atom is -0.508 e. The maximum absolute atomic E-state index is 9.48. The highest BCUT2D eigenvalue weighted by Crippen LogP contribution is 2.29. The largest absolute Gasteiger partial charge is 0.508 e. The molecule has 0 aliphatic heterocycles. The molecule has 0 unspecified atom stereocenters. The molecule has 1 aromatic carbocycles. The van der Waals surface area contributed by atoms with Crippen molar-refractivity contribution in [3.63, 3.8) is 0 Å². The Labute approximate surface area is 97.3 Å². The van der Waals surface area contributed by atoms with Crippen molar-refractivity contribution in [1.82, 2.24) is 0 Å². The minimum absolute atomic E-state index is 0.294. The summed E-state index contributed by atoms with van der Waals surface area (Å²) in [6.07, 6.45) is 7.47. The van der Waals surface area contributed by atoms with E-state index in [2.05, 4.69) is 6.92 Å². The average Bonchev–Trinajstić information content (AvgIpc) is 2.31. The van der Waals surface area contributed by atoms with Gasteiger partial charge >= 0.3 is 0 Å². The van der Waals surface area contributed by atoms with Crippen molar-refractivity contribution in [3.05, 3.63) is 23.8 Å². The summed E-state index contributed by atoms with van der Waals surface area (Å²) >= 11 is 0. The number of benzene rings is 1. The van der Waals surface area contributed by atoms with Gasteiger partial charge in [-0.2, -0.15) is 0 Å². The highest BCUT2D eigenvalue weighted by Gasteiger charge is 2.16. The summed E-state index contributed by atoms with van der Waals surface area (Å²) < 4.78 is 6.00. The van der Waals surface area contributed by atoms with E-state index in [1.54, 1.807) is 12.1 Å². The van der Waals surface area contributed by atoms with Gasteiger partial charge in [0.15, 0.2) is 0 Å². The maximum atomic E-state index is 9.48. The molecule has 0 bridgehead atoms. The third kappa shape index (κ3) is 2.69. The van der Waals surface area contributed by atoms with Crippen LogP contribution in [0.1, 0.15) is 44.6 Å². The molecule has 1 aromatic rings. The van der Waals surface area contributed by atoms with E-state index in [1.807, 2.05) is 6.07 Å². The van der Waals surface area contributed by atoms with Gasteiger partial charge in [0.1, 0.15) is 11.5 Å². The monoisotopic (exact) mass is 220 g/mol. The zero-order valence-corrected chi connectivity index (χ0v) is 9.91. The van der Waals surface area contributed by atoms with E-state index in [-0.39, 0.29) is 0 Å². The van der Waals surface area contributed by atoms with Gasteiger partial charge in [-0.3, -0.25) is 0 Å². The Kier molecular flexibility index (Phi) is 3.70. The standard InChI is InChI=1S/C14H20O2/c1-2-11-8-9-12(15)10-14(11)16-13-6-4-3-5-7-13/h8-10,13,15H,2-7H2,1H3. The van der Waals surface area contributed by atoms with Gasteiger partial charge in [0, 0.05) is 6.07 Å². The zero-order chi connectivity index (χ0) is 11.4. The highest BCUT2D eigenvalue weighted by atomic mass is 16.5. The second-order valence-corrected chi connectivity index (χ2v) is 4.52. The zero-order valence-electron chi connectivity index (χ0n) is 9.91. The van der Waals surface area contributed by atoms with Crippen LogP contribution in [-0.4, -0.2) is 11.2 Å². The maximum Gasteiger partial charge on any atom is 0.126 e. The van der Waals surface area contributed by atoms with Crippen molar-refractivity contribution in [2.24, 2.45) is 0 Å². The second kappa shape index (κ2) is 5.24. The van der Waals surface area contributed by atoms with Gasteiger partial charge < -0.3 is 9.84 Å². The Hall–Kier alpha value is -1.18. The lowest BCUT2D eigenvalue weighted by Crippen LogP contribution is -2.20. The number of aromatic hydroxyl groups is 1. The van der Waals surface area contributed by atoms with E-state index >= 15 is 0 Å². The van der Waals surface area contributed by atoms with Crippen molar-refractivity contribution >= 4 is 0 Å². The third-order valence-electron chi connectivity index (χ3n) is 3.28. The van der Waals surface area contributed by atoms with Crippen LogP contribution in [0.4, 0.5) is 0 Å². The number of ether oxygens (including phenoxy) is 1. The van der Waals surface area contributed by atoms with Crippen LogP contribution in [-0.2, 0) is 6.42 Å². The van der Waals surface area contributed by atoms with Crippen molar-refractivity contribution < 1.29 is 9.84 Å². The van der Waals surface area contributed by atoms with Gasteiger partial charge in [0.05, 0.1) is 6.10 Å². The Balaban J connectivity index is 2.09. The molecule has 1 saturated carbocycles. The summed E-state index contributed by atoms with van der Waals surface area (Å²) in [4.78, 5) is 0. The normalized spacial score (nSPS) is 17.3. The third-order valence-corrected chi connectivity index (χ3v) is 3.28. The molecular weight excluding hydrogens is 200 g/mol. The summed E-state index contributed by atoms with van der Waals surface area (Å²) in [5.41, 5.74) is 1.18. The summed E-state index contributed by atoms with van der Waals surface area (Å²) in [5.74, 6) is 1.16. The van der Waals surface area contributed by atoms with Crippen LogP contribution < -0.4 is 4.74 Å². The van der Waals surface area contributed by atoms with Crippen molar-refractivity contribution in [3.8, 4) is 11.5 Å². The molecule has 0 saturated heterocycles.